The Morgan fingerprint density at radius 3 is 2.86 bits per heavy atom. The smallest absolute Gasteiger partial charge is 0.101 e. The highest BCUT2D eigenvalue weighted by atomic mass is 15.1. The van der Waals surface area contributed by atoms with Gasteiger partial charge in [0.15, 0.2) is 0 Å². The van der Waals surface area contributed by atoms with E-state index in [0.717, 1.165) is 16.7 Å². The molecule has 0 saturated carbocycles. The van der Waals surface area contributed by atoms with E-state index in [1.807, 2.05) is 25.1 Å². The molecule has 1 N–H and O–H groups in total. The van der Waals surface area contributed by atoms with Crippen molar-refractivity contribution in [3.63, 3.8) is 0 Å². The molecule has 0 spiro atoms. The van der Waals surface area contributed by atoms with Crippen molar-refractivity contribution >= 4 is 16.7 Å². The van der Waals surface area contributed by atoms with Crippen LogP contribution in [0.1, 0.15) is 5.56 Å². The van der Waals surface area contributed by atoms with E-state index in [0.29, 0.717) is 5.56 Å². The van der Waals surface area contributed by atoms with Gasteiger partial charge in [0.05, 0.1) is 28.6 Å². The average Bonchev–Trinajstić information content (AvgIpc) is 2.62. The normalized spacial score (nSPS) is 10.1. The van der Waals surface area contributed by atoms with Crippen molar-refractivity contribution in [1.82, 2.24) is 9.97 Å². The Labute approximate surface area is 81.8 Å². The van der Waals surface area contributed by atoms with Crippen LogP contribution in [0.25, 0.3) is 11.0 Å². The lowest BCUT2D eigenvalue weighted by Crippen LogP contribution is -2.10. The minimum absolute atomic E-state index is 0.648. The zero-order valence-corrected chi connectivity index (χ0v) is 8.07. The molecule has 0 saturated heterocycles. The summed E-state index contributed by atoms with van der Waals surface area (Å²) in [5, 5.41) is 8.95. The van der Waals surface area contributed by atoms with Gasteiger partial charge in [0.25, 0.3) is 0 Å². The Hall–Kier alpha value is -2.02. The second-order valence-corrected chi connectivity index (χ2v) is 3.30. The van der Waals surface area contributed by atoms with Gasteiger partial charge in [-0.1, -0.05) is 0 Å². The number of aromatic nitrogens is 2. The Bertz CT molecular complexity index is 504. The van der Waals surface area contributed by atoms with Crippen molar-refractivity contribution in [3.05, 3.63) is 24.0 Å². The highest BCUT2D eigenvalue weighted by Crippen LogP contribution is 2.23. The average molecular weight is 186 g/mol. The third-order valence-electron chi connectivity index (χ3n) is 2.14. The first-order valence-electron chi connectivity index (χ1n) is 4.27. The van der Waals surface area contributed by atoms with Crippen LogP contribution in [0.3, 0.4) is 0 Å². The summed E-state index contributed by atoms with van der Waals surface area (Å²) in [6.07, 6.45) is 1.63. The predicted molar refractivity (Wildman–Crippen MR) is 55.1 cm³/mol. The molecule has 0 radical (unpaired) electrons. The van der Waals surface area contributed by atoms with E-state index < -0.39 is 0 Å². The Morgan fingerprint density at radius 2 is 2.21 bits per heavy atom. The first-order chi connectivity index (χ1) is 6.72. The number of hydrogen-bond acceptors (Lipinski definition) is 3. The zero-order chi connectivity index (χ0) is 10.1. The minimum atomic E-state index is 0.648. The van der Waals surface area contributed by atoms with Gasteiger partial charge in [0.1, 0.15) is 6.07 Å². The molecule has 0 bridgehead atoms. The van der Waals surface area contributed by atoms with E-state index >= 15 is 0 Å². The van der Waals surface area contributed by atoms with Crippen LogP contribution in [0, 0.1) is 11.3 Å². The predicted octanol–water partition coefficient (Wildman–Crippen LogP) is 1.50. The second kappa shape index (κ2) is 3.04. The summed E-state index contributed by atoms with van der Waals surface area (Å²) in [5.41, 5.74) is 3.33. The SMILES string of the molecule is CN(C)c1cc2[nH]cnc2cc1C#N. The number of nitrogens with zero attached hydrogens (tertiary/aromatic N) is 3. The Balaban J connectivity index is 2.74. The molecule has 0 amide bonds. The van der Waals surface area contributed by atoms with Gasteiger partial charge in [-0.3, -0.25) is 0 Å². The number of rotatable bonds is 1. The highest BCUT2D eigenvalue weighted by molar-refractivity contribution is 5.82. The molecule has 1 aromatic heterocycles. The van der Waals surface area contributed by atoms with Crippen molar-refractivity contribution in [1.29, 1.82) is 5.26 Å². The van der Waals surface area contributed by atoms with E-state index in [2.05, 4.69) is 16.0 Å². The van der Waals surface area contributed by atoms with Gasteiger partial charge < -0.3 is 9.88 Å². The number of H-pyrrole nitrogens is 1. The lowest BCUT2D eigenvalue weighted by molar-refractivity contribution is 1.13. The summed E-state index contributed by atoms with van der Waals surface area (Å²) in [4.78, 5) is 9.04. The maximum absolute atomic E-state index is 8.95. The van der Waals surface area contributed by atoms with Gasteiger partial charge in [-0.05, 0) is 12.1 Å². The molecular formula is C10H10N4. The van der Waals surface area contributed by atoms with Gasteiger partial charge in [0.2, 0.25) is 0 Å². The van der Waals surface area contributed by atoms with Crippen LogP contribution in [0.15, 0.2) is 18.5 Å². The zero-order valence-electron chi connectivity index (χ0n) is 8.07. The topological polar surface area (TPSA) is 55.7 Å². The van der Waals surface area contributed by atoms with E-state index in [4.69, 9.17) is 5.26 Å². The number of fused-ring (bicyclic) bond motifs is 1. The monoisotopic (exact) mass is 186 g/mol. The molecular weight excluding hydrogens is 176 g/mol. The molecule has 0 fully saturated rings. The van der Waals surface area contributed by atoms with Gasteiger partial charge in [0, 0.05) is 14.1 Å². The molecule has 0 aliphatic carbocycles. The summed E-state index contributed by atoms with van der Waals surface area (Å²) >= 11 is 0. The Morgan fingerprint density at radius 1 is 1.43 bits per heavy atom. The summed E-state index contributed by atoms with van der Waals surface area (Å²) in [5.74, 6) is 0. The van der Waals surface area contributed by atoms with Crippen molar-refractivity contribution in [3.8, 4) is 6.07 Å². The number of nitrogens with one attached hydrogen (secondary N) is 1. The fourth-order valence-corrected chi connectivity index (χ4v) is 1.43. The molecule has 2 rings (SSSR count). The number of aromatic amines is 1. The van der Waals surface area contributed by atoms with Gasteiger partial charge in [-0.25, -0.2) is 4.98 Å². The number of benzene rings is 1. The number of anilines is 1. The van der Waals surface area contributed by atoms with Crippen LogP contribution in [0.5, 0.6) is 0 Å². The minimum Gasteiger partial charge on any atom is -0.377 e. The van der Waals surface area contributed by atoms with Crippen molar-refractivity contribution in [2.45, 2.75) is 0 Å². The lowest BCUT2D eigenvalue weighted by atomic mass is 10.1. The first kappa shape index (κ1) is 8.57. The van der Waals surface area contributed by atoms with Crippen LogP contribution < -0.4 is 4.90 Å². The van der Waals surface area contributed by atoms with E-state index in [1.165, 1.54) is 0 Å². The van der Waals surface area contributed by atoms with E-state index in [-0.39, 0.29) is 0 Å². The van der Waals surface area contributed by atoms with Crippen LogP contribution in [0.2, 0.25) is 0 Å². The third kappa shape index (κ3) is 1.19. The van der Waals surface area contributed by atoms with Gasteiger partial charge in [-0.15, -0.1) is 0 Å². The maximum Gasteiger partial charge on any atom is 0.101 e. The summed E-state index contributed by atoms with van der Waals surface area (Å²) in [6, 6.07) is 5.89. The molecule has 2 aromatic rings. The quantitative estimate of drug-likeness (QED) is 0.734. The Kier molecular flexibility index (Phi) is 1.86. The number of hydrogen-bond donors (Lipinski definition) is 1. The molecule has 0 aliphatic heterocycles. The van der Waals surface area contributed by atoms with Gasteiger partial charge in [-0.2, -0.15) is 5.26 Å². The molecule has 4 heteroatoms. The number of imidazole rings is 1. The highest BCUT2D eigenvalue weighted by Gasteiger charge is 2.07. The summed E-state index contributed by atoms with van der Waals surface area (Å²) in [6.45, 7) is 0. The maximum atomic E-state index is 8.95. The van der Waals surface area contributed by atoms with Crippen molar-refractivity contribution in [2.75, 3.05) is 19.0 Å². The van der Waals surface area contributed by atoms with Crippen LogP contribution in [-0.2, 0) is 0 Å². The van der Waals surface area contributed by atoms with E-state index in [9.17, 15) is 0 Å². The second-order valence-electron chi connectivity index (χ2n) is 3.30. The molecule has 4 nitrogen and oxygen atoms in total. The van der Waals surface area contributed by atoms with E-state index in [1.54, 1.807) is 12.4 Å². The van der Waals surface area contributed by atoms with Gasteiger partial charge >= 0.3 is 0 Å². The molecule has 1 aromatic carbocycles. The third-order valence-corrected chi connectivity index (χ3v) is 2.14. The largest absolute Gasteiger partial charge is 0.377 e. The fraction of sp³-hybridized carbons (Fsp3) is 0.200. The van der Waals surface area contributed by atoms with Crippen LogP contribution >= 0.6 is 0 Å². The molecule has 0 unspecified atom stereocenters. The molecule has 70 valence electrons. The molecule has 1 heterocycles. The van der Waals surface area contributed by atoms with Crippen LogP contribution in [0.4, 0.5) is 5.69 Å². The summed E-state index contributed by atoms with van der Waals surface area (Å²) in [7, 11) is 3.83. The first-order valence-corrected chi connectivity index (χ1v) is 4.27. The molecule has 14 heavy (non-hydrogen) atoms. The summed E-state index contributed by atoms with van der Waals surface area (Å²) < 4.78 is 0. The van der Waals surface area contributed by atoms with Crippen molar-refractivity contribution < 1.29 is 0 Å². The lowest BCUT2D eigenvalue weighted by Gasteiger charge is -2.13. The molecule has 0 aliphatic rings. The van der Waals surface area contributed by atoms with Crippen molar-refractivity contribution in [2.24, 2.45) is 0 Å². The van der Waals surface area contributed by atoms with Crippen LogP contribution in [-0.4, -0.2) is 24.1 Å². The molecule has 0 atom stereocenters. The standard InChI is InChI=1S/C10H10N4/c1-14(2)10-4-9-8(12-6-13-9)3-7(10)5-11/h3-4,6H,1-2H3,(H,12,13). The fourth-order valence-electron chi connectivity index (χ4n) is 1.43. The number of nitriles is 1.